The van der Waals surface area contributed by atoms with Gasteiger partial charge in [0.2, 0.25) is 0 Å². The third kappa shape index (κ3) is 2.63. The van der Waals surface area contributed by atoms with E-state index in [0.29, 0.717) is 11.4 Å². The summed E-state index contributed by atoms with van der Waals surface area (Å²) >= 11 is 0. The van der Waals surface area contributed by atoms with Crippen molar-refractivity contribution >= 4 is 11.6 Å². The number of aromatic nitrogens is 2. The van der Waals surface area contributed by atoms with Crippen LogP contribution in [0.4, 0.5) is 5.69 Å². The maximum Gasteiger partial charge on any atom is 0.274 e. The number of nitrogens with zero attached hydrogens (tertiary/aromatic N) is 3. The molecule has 110 valence electrons. The number of para-hydroxylation sites is 2. The van der Waals surface area contributed by atoms with Crippen LogP contribution in [0.15, 0.2) is 36.5 Å². The van der Waals surface area contributed by atoms with Crippen LogP contribution in [-0.4, -0.2) is 33.2 Å². The van der Waals surface area contributed by atoms with Gasteiger partial charge in [-0.2, -0.15) is 5.10 Å². The fourth-order valence-corrected chi connectivity index (χ4v) is 2.82. The lowest BCUT2D eigenvalue weighted by Crippen LogP contribution is -2.42. The molecule has 2 heterocycles. The Morgan fingerprint density at radius 2 is 2.10 bits per heavy atom. The summed E-state index contributed by atoms with van der Waals surface area (Å²) < 4.78 is 1.66. The summed E-state index contributed by atoms with van der Waals surface area (Å²) in [4.78, 5) is 14.5. The monoisotopic (exact) mass is 284 g/mol. The zero-order valence-corrected chi connectivity index (χ0v) is 12.2. The smallest absolute Gasteiger partial charge is 0.274 e. The number of nitrogens with two attached hydrogens (primary N) is 1. The zero-order valence-electron chi connectivity index (χ0n) is 12.2. The van der Waals surface area contributed by atoms with Crippen molar-refractivity contribution in [1.29, 1.82) is 0 Å². The topological polar surface area (TPSA) is 64.2 Å². The average molecular weight is 284 g/mol. The van der Waals surface area contributed by atoms with Gasteiger partial charge in [-0.15, -0.1) is 0 Å². The number of rotatable bonds is 2. The molecular formula is C16H20N4O. The predicted molar refractivity (Wildman–Crippen MR) is 82.3 cm³/mol. The Labute approximate surface area is 124 Å². The summed E-state index contributed by atoms with van der Waals surface area (Å²) in [5.74, 6) is 0.00968. The second kappa shape index (κ2) is 5.60. The number of hydrogen-bond donors (Lipinski definition) is 1. The zero-order chi connectivity index (χ0) is 14.8. The highest BCUT2D eigenvalue weighted by Crippen LogP contribution is 2.20. The van der Waals surface area contributed by atoms with Crippen LogP contribution in [0.25, 0.3) is 5.69 Å². The molecule has 2 N–H and O–H groups in total. The number of amides is 1. The van der Waals surface area contributed by atoms with Crippen LogP contribution in [0.3, 0.4) is 0 Å². The molecule has 0 spiro atoms. The van der Waals surface area contributed by atoms with Crippen LogP contribution < -0.4 is 5.73 Å². The molecule has 1 aliphatic heterocycles. The molecule has 1 unspecified atom stereocenters. The Bertz CT molecular complexity index is 649. The molecule has 1 aromatic heterocycles. The molecule has 1 saturated heterocycles. The first kappa shape index (κ1) is 13.7. The number of benzene rings is 1. The molecule has 2 aromatic rings. The minimum atomic E-state index is 0.00968. The summed E-state index contributed by atoms with van der Waals surface area (Å²) in [6.45, 7) is 2.92. The minimum absolute atomic E-state index is 0.00968. The Hall–Kier alpha value is -2.30. The van der Waals surface area contributed by atoms with E-state index in [1.165, 1.54) is 6.42 Å². The van der Waals surface area contributed by atoms with Crippen LogP contribution in [0, 0.1) is 0 Å². The van der Waals surface area contributed by atoms with E-state index in [9.17, 15) is 4.79 Å². The molecule has 1 fully saturated rings. The van der Waals surface area contributed by atoms with Crippen molar-refractivity contribution in [2.45, 2.75) is 32.2 Å². The third-order valence-electron chi connectivity index (χ3n) is 4.06. The second-order valence-corrected chi connectivity index (χ2v) is 5.55. The van der Waals surface area contributed by atoms with Crippen LogP contribution in [0.5, 0.6) is 0 Å². The Balaban J connectivity index is 1.85. The lowest BCUT2D eigenvalue weighted by atomic mass is 10.0. The highest BCUT2D eigenvalue weighted by molar-refractivity contribution is 5.92. The quantitative estimate of drug-likeness (QED) is 0.862. The summed E-state index contributed by atoms with van der Waals surface area (Å²) in [5, 5.41) is 4.40. The van der Waals surface area contributed by atoms with Crippen LogP contribution in [-0.2, 0) is 0 Å². The van der Waals surface area contributed by atoms with Gasteiger partial charge < -0.3 is 10.6 Å². The van der Waals surface area contributed by atoms with Gasteiger partial charge in [0.1, 0.15) is 0 Å². The molecule has 1 aliphatic rings. The number of hydrogen-bond acceptors (Lipinski definition) is 3. The van der Waals surface area contributed by atoms with Gasteiger partial charge in [-0.3, -0.25) is 4.79 Å². The minimum Gasteiger partial charge on any atom is -0.397 e. The molecule has 21 heavy (non-hydrogen) atoms. The highest BCUT2D eigenvalue weighted by Gasteiger charge is 2.25. The summed E-state index contributed by atoms with van der Waals surface area (Å²) in [5.41, 5.74) is 7.86. The number of piperidine rings is 1. The fraction of sp³-hybridized carbons (Fsp3) is 0.375. The van der Waals surface area contributed by atoms with Gasteiger partial charge in [0.15, 0.2) is 5.69 Å². The molecule has 5 heteroatoms. The molecule has 3 rings (SSSR count). The second-order valence-electron chi connectivity index (χ2n) is 5.55. The number of likely N-dealkylation sites (tertiary alicyclic amines) is 1. The molecule has 0 saturated carbocycles. The van der Waals surface area contributed by atoms with Crippen molar-refractivity contribution in [3.05, 3.63) is 42.2 Å². The molecule has 0 aliphatic carbocycles. The maximum absolute atomic E-state index is 12.6. The SMILES string of the molecule is CC1CCCCN1C(=O)c1ccn(-c2ccccc2N)n1. The Kier molecular flexibility index (Phi) is 3.64. The molecule has 1 amide bonds. The molecule has 0 bridgehead atoms. The van der Waals surface area contributed by atoms with Crippen LogP contribution >= 0.6 is 0 Å². The highest BCUT2D eigenvalue weighted by atomic mass is 16.2. The number of carbonyl (C=O) groups excluding carboxylic acids is 1. The summed E-state index contributed by atoms with van der Waals surface area (Å²) in [6, 6.07) is 9.55. The number of carbonyl (C=O) groups is 1. The first-order valence-corrected chi connectivity index (χ1v) is 7.38. The van der Waals surface area contributed by atoms with Gasteiger partial charge in [0, 0.05) is 18.8 Å². The van der Waals surface area contributed by atoms with Gasteiger partial charge >= 0.3 is 0 Å². The van der Waals surface area contributed by atoms with Crippen molar-refractivity contribution in [3.8, 4) is 5.69 Å². The molecule has 5 nitrogen and oxygen atoms in total. The largest absolute Gasteiger partial charge is 0.397 e. The molecule has 1 aromatic carbocycles. The molecule has 0 radical (unpaired) electrons. The van der Waals surface area contributed by atoms with E-state index in [4.69, 9.17) is 5.73 Å². The first-order chi connectivity index (χ1) is 10.2. The molecular weight excluding hydrogens is 264 g/mol. The van der Waals surface area contributed by atoms with E-state index in [1.807, 2.05) is 29.2 Å². The third-order valence-corrected chi connectivity index (χ3v) is 4.06. The van der Waals surface area contributed by atoms with Gasteiger partial charge in [-0.05, 0) is 44.4 Å². The van der Waals surface area contributed by atoms with Crippen molar-refractivity contribution in [2.24, 2.45) is 0 Å². The van der Waals surface area contributed by atoms with Crippen LogP contribution in [0.1, 0.15) is 36.7 Å². The molecule has 1 atom stereocenters. The lowest BCUT2D eigenvalue weighted by Gasteiger charge is -2.32. The number of nitrogen functional groups attached to an aromatic ring is 1. The van der Waals surface area contributed by atoms with E-state index in [2.05, 4.69) is 12.0 Å². The van der Waals surface area contributed by atoms with E-state index in [-0.39, 0.29) is 11.9 Å². The van der Waals surface area contributed by atoms with Crippen molar-refractivity contribution in [3.63, 3.8) is 0 Å². The van der Waals surface area contributed by atoms with E-state index in [0.717, 1.165) is 25.1 Å². The Morgan fingerprint density at radius 3 is 2.86 bits per heavy atom. The van der Waals surface area contributed by atoms with Crippen molar-refractivity contribution < 1.29 is 4.79 Å². The van der Waals surface area contributed by atoms with Gasteiger partial charge in [0.05, 0.1) is 11.4 Å². The van der Waals surface area contributed by atoms with E-state index in [1.54, 1.807) is 16.9 Å². The van der Waals surface area contributed by atoms with Gasteiger partial charge in [-0.25, -0.2) is 4.68 Å². The van der Waals surface area contributed by atoms with E-state index >= 15 is 0 Å². The average Bonchev–Trinajstić information content (AvgIpc) is 2.97. The summed E-state index contributed by atoms with van der Waals surface area (Å²) in [7, 11) is 0. The number of anilines is 1. The lowest BCUT2D eigenvalue weighted by molar-refractivity contribution is 0.0629. The maximum atomic E-state index is 12.6. The predicted octanol–water partition coefficient (Wildman–Crippen LogP) is 2.47. The van der Waals surface area contributed by atoms with E-state index < -0.39 is 0 Å². The normalized spacial score (nSPS) is 18.7. The van der Waals surface area contributed by atoms with Crippen molar-refractivity contribution in [1.82, 2.24) is 14.7 Å². The van der Waals surface area contributed by atoms with Gasteiger partial charge in [0.25, 0.3) is 5.91 Å². The standard InChI is InChI=1S/C16H20N4O/c1-12-6-4-5-10-19(12)16(21)14-9-11-20(18-14)15-8-3-2-7-13(15)17/h2-3,7-9,11-12H,4-6,10,17H2,1H3. The fourth-order valence-electron chi connectivity index (χ4n) is 2.82. The first-order valence-electron chi connectivity index (χ1n) is 7.38. The van der Waals surface area contributed by atoms with Gasteiger partial charge in [-0.1, -0.05) is 12.1 Å². The van der Waals surface area contributed by atoms with Crippen molar-refractivity contribution in [2.75, 3.05) is 12.3 Å². The Morgan fingerprint density at radius 1 is 1.29 bits per heavy atom. The summed E-state index contributed by atoms with van der Waals surface area (Å²) in [6.07, 6.45) is 5.12. The van der Waals surface area contributed by atoms with Crippen LogP contribution in [0.2, 0.25) is 0 Å².